The van der Waals surface area contributed by atoms with E-state index in [9.17, 15) is 9.59 Å². The summed E-state index contributed by atoms with van der Waals surface area (Å²) in [5, 5.41) is 6.11. The van der Waals surface area contributed by atoms with E-state index in [1.807, 2.05) is 18.2 Å². The van der Waals surface area contributed by atoms with Crippen LogP contribution in [0.4, 0.5) is 5.69 Å². The molecule has 6 nitrogen and oxygen atoms in total. The Hall–Kier alpha value is -2.77. The highest BCUT2D eigenvalue weighted by Crippen LogP contribution is 2.33. The molecule has 0 saturated carbocycles. The Morgan fingerprint density at radius 3 is 2.58 bits per heavy atom. The summed E-state index contributed by atoms with van der Waals surface area (Å²) in [6.07, 6.45) is 3.26. The number of hydrogen-bond acceptors (Lipinski definition) is 5. The Bertz CT molecular complexity index is 943. The maximum atomic E-state index is 12.6. The number of rotatable bonds is 5. The zero-order valence-corrected chi connectivity index (χ0v) is 15.4. The monoisotopic (exact) mass is 386 g/mol. The molecule has 132 valence electrons. The molecular formula is C18H15ClN4O2S. The second-order valence-electron chi connectivity index (χ2n) is 5.43. The van der Waals surface area contributed by atoms with Crippen LogP contribution in [0.1, 0.15) is 22.2 Å². The van der Waals surface area contributed by atoms with Crippen LogP contribution in [0.25, 0.3) is 11.3 Å². The average Bonchev–Trinajstić information content (AvgIpc) is 3.04. The van der Waals surface area contributed by atoms with Crippen LogP contribution in [0, 0.1) is 0 Å². The number of hydrogen-bond donors (Lipinski definition) is 2. The average molecular weight is 387 g/mol. The number of anilines is 1. The first-order valence-corrected chi connectivity index (χ1v) is 8.90. The number of benzene rings is 1. The van der Waals surface area contributed by atoms with E-state index >= 15 is 0 Å². The standard InChI is InChI=1S/C18H15ClN4O2S/c1-11(24)22-16-15(12-6-8-20-9-7-12)23-26-17(16)18(25)21-10-13-4-2-3-5-14(13)19/h2-9H,10H2,1H3,(H,21,25)(H,22,24). The second kappa shape index (κ2) is 8.07. The number of carbonyl (C=O) groups excluding carboxylic acids is 2. The molecule has 1 aromatic carbocycles. The van der Waals surface area contributed by atoms with Crippen molar-refractivity contribution in [3.8, 4) is 11.3 Å². The number of aromatic nitrogens is 2. The highest BCUT2D eigenvalue weighted by molar-refractivity contribution is 7.09. The Kier molecular flexibility index (Phi) is 5.60. The van der Waals surface area contributed by atoms with Crippen molar-refractivity contribution in [1.82, 2.24) is 14.7 Å². The molecule has 0 aliphatic carbocycles. The minimum atomic E-state index is -0.327. The molecular weight excluding hydrogens is 372 g/mol. The van der Waals surface area contributed by atoms with E-state index in [1.54, 1.807) is 30.6 Å². The lowest BCUT2D eigenvalue weighted by Gasteiger charge is -2.08. The first kappa shape index (κ1) is 18.0. The first-order chi connectivity index (χ1) is 12.6. The van der Waals surface area contributed by atoms with Gasteiger partial charge in [0.15, 0.2) is 0 Å². The van der Waals surface area contributed by atoms with E-state index in [-0.39, 0.29) is 18.4 Å². The second-order valence-corrected chi connectivity index (χ2v) is 6.61. The number of halogens is 1. The van der Waals surface area contributed by atoms with Crippen LogP contribution in [0.2, 0.25) is 5.02 Å². The molecule has 0 fully saturated rings. The summed E-state index contributed by atoms with van der Waals surface area (Å²) in [6, 6.07) is 10.8. The van der Waals surface area contributed by atoms with Gasteiger partial charge in [-0.2, -0.15) is 4.37 Å². The van der Waals surface area contributed by atoms with Crippen LogP contribution in [0.3, 0.4) is 0 Å². The summed E-state index contributed by atoms with van der Waals surface area (Å²) in [6.45, 7) is 1.67. The Morgan fingerprint density at radius 2 is 1.88 bits per heavy atom. The minimum Gasteiger partial charge on any atom is -0.347 e. The molecule has 3 rings (SSSR count). The normalized spacial score (nSPS) is 10.4. The molecule has 2 amide bonds. The summed E-state index contributed by atoms with van der Waals surface area (Å²) >= 11 is 7.14. The molecule has 26 heavy (non-hydrogen) atoms. The minimum absolute atomic E-state index is 0.277. The first-order valence-electron chi connectivity index (χ1n) is 7.75. The van der Waals surface area contributed by atoms with Gasteiger partial charge >= 0.3 is 0 Å². The van der Waals surface area contributed by atoms with E-state index in [0.717, 1.165) is 22.7 Å². The van der Waals surface area contributed by atoms with Gasteiger partial charge in [0.1, 0.15) is 10.6 Å². The van der Waals surface area contributed by atoms with Gasteiger partial charge in [-0.25, -0.2) is 0 Å². The molecule has 0 bridgehead atoms. The van der Waals surface area contributed by atoms with Crippen LogP contribution < -0.4 is 10.6 Å². The van der Waals surface area contributed by atoms with Crippen molar-refractivity contribution in [2.45, 2.75) is 13.5 Å². The predicted molar refractivity (Wildman–Crippen MR) is 102 cm³/mol. The molecule has 2 heterocycles. The van der Waals surface area contributed by atoms with Gasteiger partial charge < -0.3 is 10.6 Å². The van der Waals surface area contributed by atoms with Crippen LogP contribution in [-0.2, 0) is 11.3 Å². The van der Waals surface area contributed by atoms with Gasteiger partial charge in [-0.15, -0.1) is 0 Å². The number of amides is 2. The SMILES string of the molecule is CC(=O)Nc1c(-c2ccncc2)nsc1C(=O)NCc1ccccc1Cl. The zero-order valence-electron chi connectivity index (χ0n) is 13.8. The van der Waals surface area contributed by atoms with Gasteiger partial charge in [0.25, 0.3) is 5.91 Å². The lowest BCUT2D eigenvalue weighted by Crippen LogP contribution is -2.23. The van der Waals surface area contributed by atoms with E-state index in [4.69, 9.17) is 11.6 Å². The summed E-state index contributed by atoms with van der Waals surface area (Å²) in [4.78, 5) is 28.5. The van der Waals surface area contributed by atoms with Gasteiger partial charge in [-0.3, -0.25) is 14.6 Å². The van der Waals surface area contributed by atoms with Crippen LogP contribution in [0.15, 0.2) is 48.8 Å². The fourth-order valence-corrected chi connectivity index (χ4v) is 3.32. The fraction of sp³-hybridized carbons (Fsp3) is 0.111. The molecule has 2 N–H and O–H groups in total. The van der Waals surface area contributed by atoms with Crippen LogP contribution in [-0.4, -0.2) is 21.2 Å². The predicted octanol–water partition coefficient (Wildman–Crippen LogP) is 3.75. The van der Waals surface area contributed by atoms with Crippen molar-refractivity contribution in [3.63, 3.8) is 0 Å². The maximum absolute atomic E-state index is 12.6. The lowest BCUT2D eigenvalue weighted by molar-refractivity contribution is -0.114. The Labute approximate surface area is 159 Å². The van der Waals surface area contributed by atoms with Crippen molar-refractivity contribution in [2.75, 3.05) is 5.32 Å². The maximum Gasteiger partial charge on any atom is 0.265 e. The number of carbonyl (C=O) groups is 2. The van der Waals surface area contributed by atoms with Crippen LogP contribution >= 0.6 is 23.1 Å². The molecule has 0 unspecified atom stereocenters. The van der Waals surface area contributed by atoms with Crippen molar-refractivity contribution in [1.29, 1.82) is 0 Å². The van der Waals surface area contributed by atoms with E-state index in [2.05, 4.69) is 20.0 Å². The summed E-state index contributed by atoms with van der Waals surface area (Å²) in [5.74, 6) is -0.605. The third-order valence-electron chi connectivity index (χ3n) is 3.55. The van der Waals surface area contributed by atoms with Crippen LogP contribution in [0.5, 0.6) is 0 Å². The van der Waals surface area contributed by atoms with Gasteiger partial charge in [-0.05, 0) is 35.3 Å². The zero-order chi connectivity index (χ0) is 18.5. The van der Waals surface area contributed by atoms with E-state index < -0.39 is 0 Å². The smallest absolute Gasteiger partial charge is 0.265 e. The van der Waals surface area contributed by atoms with Gasteiger partial charge in [-0.1, -0.05) is 29.8 Å². The molecule has 0 spiro atoms. The lowest BCUT2D eigenvalue weighted by atomic mass is 10.1. The van der Waals surface area contributed by atoms with E-state index in [0.29, 0.717) is 21.3 Å². The van der Waals surface area contributed by atoms with E-state index in [1.165, 1.54) is 6.92 Å². The van der Waals surface area contributed by atoms with Crippen molar-refractivity contribution < 1.29 is 9.59 Å². The van der Waals surface area contributed by atoms with Crippen molar-refractivity contribution in [3.05, 3.63) is 64.3 Å². The Balaban J connectivity index is 1.87. The summed E-state index contributed by atoms with van der Waals surface area (Å²) in [5.41, 5.74) is 2.51. The number of nitrogens with zero attached hydrogens (tertiary/aromatic N) is 2. The van der Waals surface area contributed by atoms with Gasteiger partial charge in [0.2, 0.25) is 5.91 Å². The molecule has 0 saturated heterocycles. The molecule has 2 aromatic heterocycles. The highest BCUT2D eigenvalue weighted by Gasteiger charge is 2.21. The van der Waals surface area contributed by atoms with Gasteiger partial charge in [0.05, 0.1) is 5.69 Å². The van der Waals surface area contributed by atoms with Crippen molar-refractivity contribution in [2.24, 2.45) is 0 Å². The Morgan fingerprint density at radius 1 is 1.15 bits per heavy atom. The molecule has 0 radical (unpaired) electrons. The topological polar surface area (TPSA) is 84.0 Å². The summed E-state index contributed by atoms with van der Waals surface area (Å²) in [7, 11) is 0. The highest BCUT2D eigenvalue weighted by atomic mass is 35.5. The quantitative estimate of drug-likeness (QED) is 0.699. The molecule has 8 heteroatoms. The summed E-state index contributed by atoms with van der Waals surface area (Å²) < 4.78 is 4.35. The van der Waals surface area contributed by atoms with Gasteiger partial charge in [0, 0.05) is 36.4 Å². The molecule has 0 aliphatic heterocycles. The molecule has 0 aliphatic rings. The molecule has 0 atom stereocenters. The third kappa shape index (κ3) is 4.07. The third-order valence-corrected chi connectivity index (χ3v) is 4.77. The largest absolute Gasteiger partial charge is 0.347 e. The number of nitrogens with one attached hydrogen (secondary N) is 2. The molecule has 3 aromatic rings. The van der Waals surface area contributed by atoms with Crippen molar-refractivity contribution >= 4 is 40.6 Å². The number of pyridine rings is 1. The fourth-order valence-electron chi connectivity index (χ4n) is 2.34.